The predicted molar refractivity (Wildman–Crippen MR) is 140 cm³/mol. The summed E-state index contributed by atoms with van der Waals surface area (Å²) in [7, 11) is 4.69. The number of benzene rings is 1. The van der Waals surface area contributed by atoms with Crippen LogP contribution >= 0.6 is 20.6 Å². The zero-order chi connectivity index (χ0) is 24.5. The summed E-state index contributed by atoms with van der Waals surface area (Å²) < 4.78 is 7.87. The van der Waals surface area contributed by atoms with E-state index in [-0.39, 0.29) is 0 Å². The van der Waals surface area contributed by atoms with Gasteiger partial charge in [0.05, 0.1) is 17.8 Å². The van der Waals surface area contributed by atoms with E-state index < -0.39 is 5.97 Å². The molecule has 3 aromatic heterocycles. The first-order chi connectivity index (χ1) is 16.9. The molecule has 1 atom stereocenters. The number of thiophene rings is 1. The zero-order valence-electron chi connectivity index (χ0n) is 19.6. The second-order valence-electron chi connectivity index (χ2n) is 8.62. The first kappa shape index (κ1) is 23.6. The van der Waals surface area contributed by atoms with Gasteiger partial charge in [-0.3, -0.25) is 4.90 Å². The zero-order valence-corrected chi connectivity index (χ0v) is 21.5. The molecule has 180 valence electrons. The van der Waals surface area contributed by atoms with Crippen molar-refractivity contribution in [2.45, 2.75) is 26.5 Å². The molecule has 0 saturated heterocycles. The van der Waals surface area contributed by atoms with Crippen LogP contribution in [0.1, 0.15) is 38.7 Å². The van der Waals surface area contributed by atoms with E-state index in [0.29, 0.717) is 24.0 Å². The summed E-state index contributed by atoms with van der Waals surface area (Å²) in [5, 5.41) is 10.3. The number of carboxylic acid groups (broad SMARTS) is 1. The first-order valence-electron chi connectivity index (χ1n) is 11.3. The maximum atomic E-state index is 11.2. The van der Waals surface area contributed by atoms with Gasteiger partial charge in [-0.15, -0.1) is 20.6 Å². The van der Waals surface area contributed by atoms with E-state index in [1.165, 1.54) is 22.5 Å². The van der Waals surface area contributed by atoms with Crippen LogP contribution < -0.4 is 10.0 Å². The largest absolute Gasteiger partial charge is 0.477 e. The minimum Gasteiger partial charge on any atom is -0.477 e. The molecule has 1 aliphatic heterocycles. The Morgan fingerprint density at radius 1 is 1.26 bits per heavy atom. The number of hydrogen-bond donors (Lipinski definition) is 1. The van der Waals surface area contributed by atoms with Crippen LogP contribution in [0.5, 0.6) is 6.01 Å². The molecule has 10 heteroatoms. The fourth-order valence-corrected chi connectivity index (χ4v) is 5.50. The molecule has 1 aliphatic rings. The van der Waals surface area contributed by atoms with E-state index in [1.807, 2.05) is 17.7 Å². The fourth-order valence-electron chi connectivity index (χ4n) is 4.14. The Bertz CT molecular complexity index is 1440. The number of ether oxygens (including phenoxy) is 1. The lowest BCUT2D eigenvalue weighted by Gasteiger charge is -2.25. The molecule has 0 amide bonds. The van der Waals surface area contributed by atoms with E-state index in [0.717, 1.165) is 52.2 Å². The second-order valence-corrected chi connectivity index (χ2v) is 10.3. The van der Waals surface area contributed by atoms with Crippen LogP contribution in [-0.4, -0.2) is 48.6 Å². The highest BCUT2D eigenvalue weighted by Crippen LogP contribution is 2.27. The van der Waals surface area contributed by atoms with Crippen molar-refractivity contribution >= 4 is 47.8 Å². The summed E-state index contributed by atoms with van der Waals surface area (Å²) in [6, 6.07) is 10.2. The SMILES string of the molecule is Cc1ccc(COc2nccc(C3=CCN(Cc4nc5sc(C(=O)O)cc5n4C)CC3)n2)c(P)c1. The summed E-state index contributed by atoms with van der Waals surface area (Å²) in [5.41, 5.74) is 5.25. The van der Waals surface area contributed by atoms with E-state index in [1.54, 1.807) is 12.3 Å². The molecule has 1 unspecified atom stereocenters. The third kappa shape index (κ3) is 5.12. The molecule has 0 bridgehead atoms. The second kappa shape index (κ2) is 9.85. The number of rotatable bonds is 7. The summed E-state index contributed by atoms with van der Waals surface area (Å²) >= 11 is 1.22. The molecule has 0 radical (unpaired) electrons. The van der Waals surface area contributed by atoms with Crippen LogP contribution in [0.2, 0.25) is 0 Å². The number of aromatic nitrogens is 4. The van der Waals surface area contributed by atoms with Crippen molar-refractivity contribution in [3.63, 3.8) is 0 Å². The van der Waals surface area contributed by atoms with Crippen molar-refractivity contribution in [1.29, 1.82) is 0 Å². The van der Waals surface area contributed by atoms with Gasteiger partial charge in [-0.1, -0.05) is 29.8 Å². The van der Waals surface area contributed by atoms with Crippen LogP contribution in [0.25, 0.3) is 15.9 Å². The Labute approximate surface area is 209 Å². The number of fused-ring (bicyclic) bond motifs is 1. The number of nitrogens with zero attached hydrogens (tertiary/aromatic N) is 5. The number of carbonyl (C=O) groups is 1. The smallest absolute Gasteiger partial charge is 0.346 e. The van der Waals surface area contributed by atoms with Gasteiger partial charge in [0.15, 0.2) is 0 Å². The maximum absolute atomic E-state index is 11.2. The minimum atomic E-state index is -0.911. The average Bonchev–Trinajstić information content (AvgIpc) is 3.39. The molecule has 4 heterocycles. The summed E-state index contributed by atoms with van der Waals surface area (Å²) in [4.78, 5) is 28.2. The maximum Gasteiger partial charge on any atom is 0.346 e. The van der Waals surface area contributed by atoms with Gasteiger partial charge < -0.3 is 14.4 Å². The number of aromatic carboxylic acids is 1. The van der Waals surface area contributed by atoms with E-state index in [9.17, 15) is 9.90 Å². The number of imidazole rings is 1. The molecule has 1 aromatic carbocycles. The standard InChI is InChI=1S/C25H26N5O3PS/c1-15-3-4-17(20(34)11-15)14-33-25-26-8-5-18(27-25)16-6-9-30(10-7-16)13-22-28-23-19(29(22)2)12-21(35-23)24(31)32/h3-6,8,11-12H,7,9-10,13-14,34H2,1-2H3,(H,31,32). The lowest BCUT2D eigenvalue weighted by molar-refractivity contribution is 0.0702. The normalized spacial score (nSPS) is 14.3. The molecular formula is C25H26N5O3PS. The van der Waals surface area contributed by atoms with Crippen LogP contribution in [-0.2, 0) is 20.2 Å². The molecule has 0 aliphatic carbocycles. The average molecular weight is 508 g/mol. The van der Waals surface area contributed by atoms with Crippen LogP contribution in [0.4, 0.5) is 0 Å². The van der Waals surface area contributed by atoms with E-state index in [2.05, 4.69) is 60.3 Å². The highest BCUT2D eigenvalue weighted by Gasteiger charge is 2.19. The van der Waals surface area contributed by atoms with Crippen molar-refractivity contribution in [2.24, 2.45) is 7.05 Å². The highest BCUT2D eigenvalue weighted by atomic mass is 32.1. The molecule has 0 saturated carbocycles. The fraction of sp³-hybridized carbons (Fsp3) is 0.280. The van der Waals surface area contributed by atoms with Gasteiger partial charge in [0.25, 0.3) is 0 Å². The Hall–Kier alpha value is -3.13. The molecule has 0 fully saturated rings. The Balaban J connectivity index is 1.23. The Kier molecular flexibility index (Phi) is 6.65. The van der Waals surface area contributed by atoms with Crippen molar-refractivity contribution in [2.75, 3.05) is 13.1 Å². The van der Waals surface area contributed by atoms with Gasteiger partial charge >= 0.3 is 12.0 Å². The number of aryl methyl sites for hydroxylation is 2. The van der Waals surface area contributed by atoms with Gasteiger partial charge in [-0.25, -0.2) is 14.8 Å². The monoisotopic (exact) mass is 507 g/mol. The summed E-state index contributed by atoms with van der Waals surface area (Å²) in [5.74, 6) is 0.0214. The third-order valence-electron chi connectivity index (χ3n) is 6.16. The summed E-state index contributed by atoms with van der Waals surface area (Å²) in [6.07, 6.45) is 4.81. The van der Waals surface area contributed by atoms with Crippen LogP contribution in [0.15, 0.2) is 42.6 Å². The third-order valence-corrected chi connectivity index (χ3v) is 7.71. The number of hydrogen-bond acceptors (Lipinski definition) is 7. The van der Waals surface area contributed by atoms with Gasteiger partial charge in [0, 0.05) is 26.3 Å². The van der Waals surface area contributed by atoms with Crippen molar-refractivity contribution < 1.29 is 14.6 Å². The Morgan fingerprint density at radius 3 is 2.83 bits per heavy atom. The van der Waals surface area contributed by atoms with Crippen LogP contribution in [0, 0.1) is 6.92 Å². The van der Waals surface area contributed by atoms with Gasteiger partial charge in [-0.05, 0) is 41.9 Å². The lowest BCUT2D eigenvalue weighted by Crippen LogP contribution is -2.29. The van der Waals surface area contributed by atoms with Crippen molar-refractivity contribution in [1.82, 2.24) is 24.4 Å². The predicted octanol–water partition coefficient (Wildman–Crippen LogP) is 3.80. The van der Waals surface area contributed by atoms with Gasteiger partial charge in [-0.2, -0.15) is 4.98 Å². The minimum absolute atomic E-state index is 0.316. The van der Waals surface area contributed by atoms with Gasteiger partial charge in [0.1, 0.15) is 22.1 Å². The van der Waals surface area contributed by atoms with Crippen molar-refractivity contribution in [3.8, 4) is 6.01 Å². The molecule has 35 heavy (non-hydrogen) atoms. The molecule has 4 aromatic rings. The van der Waals surface area contributed by atoms with E-state index in [4.69, 9.17) is 4.74 Å². The molecular weight excluding hydrogens is 481 g/mol. The molecule has 8 nitrogen and oxygen atoms in total. The molecule has 1 N–H and O–H groups in total. The lowest BCUT2D eigenvalue weighted by atomic mass is 10.0. The van der Waals surface area contributed by atoms with Crippen molar-refractivity contribution in [3.05, 3.63) is 70.1 Å². The van der Waals surface area contributed by atoms with Crippen LogP contribution in [0.3, 0.4) is 0 Å². The highest BCUT2D eigenvalue weighted by molar-refractivity contribution is 7.27. The van der Waals surface area contributed by atoms with E-state index >= 15 is 0 Å². The molecule has 0 spiro atoms. The topological polar surface area (TPSA) is 93.4 Å². The quantitative estimate of drug-likeness (QED) is 0.381. The Morgan fingerprint density at radius 2 is 2.11 bits per heavy atom. The summed E-state index contributed by atoms with van der Waals surface area (Å²) in [6.45, 7) is 4.86. The number of carboxylic acids is 1. The van der Waals surface area contributed by atoms with Gasteiger partial charge in [0.2, 0.25) is 0 Å². The first-order valence-corrected chi connectivity index (χ1v) is 12.7. The molecule has 5 rings (SSSR count).